The van der Waals surface area contributed by atoms with E-state index >= 15 is 0 Å². The first-order valence-electron chi connectivity index (χ1n) is 12.6. The molecule has 1 saturated heterocycles. The summed E-state index contributed by atoms with van der Waals surface area (Å²) in [6.07, 6.45) is -0.0532. The van der Waals surface area contributed by atoms with E-state index < -0.39 is 11.2 Å². The maximum atomic E-state index is 13.5. The molecule has 0 unspecified atom stereocenters. The highest BCUT2D eigenvalue weighted by molar-refractivity contribution is 8.15. The lowest BCUT2D eigenvalue weighted by molar-refractivity contribution is -0.128. The highest BCUT2D eigenvalue weighted by Crippen LogP contribution is 2.36. The second-order valence-corrected chi connectivity index (χ2v) is 10.0. The standard InChI is InChI=1S/C29H27N3O7S/c1-3-37-28(35)19-5-7-20(8-6-19)30-26(33)15-25-27(34)32(16-18-4-13-23-24(14-18)39-17-38-23)29(40-25)31-21-9-11-22(36-2)12-10-21/h4-14,25H,3,15-17H2,1-2H3,(H,30,33)/t25-/m0/s1. The molecule has 2 heterocycles. The molecular formula is C29H27N3O7S. The van der Waals surface area contributed by atoms with Gasteiger partial charge in [-0.2, -0.15) is 0 Å². The highest BCUT2D eigenvalue weighted by atomic mass is 32.2. The van der Waals surface area contributed by atoms with Crippen molar-refractivity contribution in [3.8, 4) is 17.2 Å². The molecule has 1 atom stereocenters. The van der Waals surface area contributed by atoms with Crippen LogP contribution >= 0.6 is 11.8 Å². The Labute approximate surface area is 235 Å². The van der Waals surface area contributed by atoms with Crippen molar-refractivity contribution in [3.63, 3.8) is 0 Å². The number of esters is 1. The third-order valence-corrected chi connectivity index (χ3v) is 7.32. The minimum atomic E-state index is -0.662. The van der Waals surface area contributed by atoms with Gasteiger partial charge in [0.25, 0.3) is 0 Å². The van der Waals surface area contributed by atoms with Crippen molar-refractivity contribution in [3.05, 3.63) is 77.9 Å². The van der Waals surface area contributed by atoms with E-state index in [2.05, 4.69) is 5.32 Å². The van der Waals surface area contributed by atoms with E-state index in [-0.39, 0.29) is 38.2 Å². The van der Waals surface area contributed by atoms with Crippen LogP contribution in [0.5, 0.6) is 17.2 Å². The highest BCUT2D eigenvalue weighted by Gasteiger charge is 2.39. The number of carbonyl (C=O) groups is 3. The average Bonchev–Trinajstić information content (AvgIpc) is 3.54. The number of anilines is 1. The van der Waals surface area contributed by atoms with Gasteiger partial charge in [0.1, 0.15) is 11.0 Å². The van der Waals surface area contributed by atoms with Crippen LogP contribution in [0, 0.1) is 0 Å². The van der Waals surface area contributed by atoms with Gasteiger partial charge in [0.2, 0.25) is 18.6 Å². The van der Waals surface area contributed by atoms with E-state index in [4.69, 9.17) is 23.9 Å². The fourth-order valence-corrected chi connectivity index (χ4v) is 5.30. The molecule has 10 nitrogen and oxygen atoms in total. The van der Waals surface area contributed by atoms with Crippen LogP contribution in [-0.2, 0) is 20.9 Å². The monoisotopic (exact) mass is 561 g/mol. The number of hydrogen-bond acceptors (Lipinski definition) is 9. The molecule has 5 rings (SSSR count). The molecule has 40 heavy (non-hydrogen) atoms. The topological polar surface area (TPSA) is 116 Å². The number of rotatable bonds is 9. The molecule has 0 saturated carbocycles. The van der Waals surface area contributed by atoms with Crippen LogP contribution in [-0.4, -0.2) is 53.6 Å². The van der Waals surface area contributed by atoms with Crippen LogP contribution in [0.3, 0.4) is 0 Å². The summed E-state index contributed by atoms with van der Waals surface area (Å²) in [5, 5.41) is 2.63. The smallest absolute Gasteiger partial charge is 0.338 e. The van der Waals surface area contributed by atoms with Crippen molar-refractivity contribution in [1.82, 2.24) is 4.90 Å². The fraction of sp³-hybridized carbons (Fsp3) is 0.241. The third-order valence-electron chi connectivity index (χ3n) is 6.15. The van der Waals surface area contributed by atoms with Crippen LogP contribution in [0.2, 0.25) is 0 Å². The number of amides is 2. The van der Waals surface area contributed by atoms with Crippen molar-refractivity contribution in [2.75, 3.05) is 25.8 Å². The Morgan fingerprint density at radius 3 is 2.52 bits per heavy atom. The maximum absolute atomic E-state index is 13.5. The van der Waals surface area contributed by atoms with Gasteiger partial charge in [-0.15, -0.1) is 0 Å². The van der Waals surface area contributed by atoms with E-state index in [1.165, 1.54) is 11.8 Å². The SMILES string of the molecule is CCOC(=O)c1ccc(NC(=O)C[C@@H]2SC(=Nc3ccc(OC)cc3)N(Cc3ccc4c(c3)OCO4)C2=O)cc1. The van der Waals surface area contributed by atoms with Gasteiger partial charge in [-0.3, -0.25) is 14.5 Å². The van der Waals surface area contributed by atoms with Gasteiger partial charge in [0.15, 0.2) is 16.7 Å². The summed E-state index contributed by atoms with van der Waals surface area (Å²) in [5.41, 5.74) is 2.39. The molecule has 2 aliphatic heterocycles. The van der Waals surface area contributed by atoms with Gasteiger partial charge >= 0.3 is 5.97 Å². The summed E-state index contributed by atoms with van der Waals surface area (Å²) in [6, 6.07) is 19.1. The van der Waals surface area contributed by atoms with E-state index in [1.807, 2.05) is 18.2 Å². The van der Waals surface area contributed by atoms with E-state index in [9.17, 15) is 14.4 Å². The minimum Gasteiger partial charge on any atom is -0.497 e. The molecule has 11 heteroatoms. The molecule has 2 aliphatic rings. The van der Waals surface area contributed by atoms with Crippen molar-refractivity contribution in [2.45, 2.75) is 25.1 Å². The zero-order chi connectivity index (χ0) is 28.1. The maximum Gasteiger partial charge on any atom is 0.338 e. The molecule has 206 valence electrons. The first-order valence-corrected chi connectivity index (χ1v) is 13.5. The number of benzene rings is 3. The molecule has 1 N–H and O–H groups in total. The second-order valence-electron chi connectivity index (χ2n) is 8.86. The van der Waals surface area contributed by atoms with Crippen molar-refractivity contribution >= 4 is 46.1 Å². The van der Waals surface area contributed by atoms with Gasteiger partial charge in [-0.05, 0) is 73.2 Å². The predicted molar refractivity (Wildman–Crippen MR) is 150 cm³/mol. The molecule has 0 aliphatic carbocycles. The molecule has 3 aromatic rings. The Morgan fingerprint density at radius 1 is 1.05 bits per heavy atom. The summed E-state index contributed by atoms with van der Waals surface area (Å²) >= 11 is 1.24. The number of methoxy groups -OCH3 is 1. The molecule has 0 spiro atoms. The van der Waals surface area contributed by atoms with Crippen molar-refractivity contribution in [1.29, 1.82) is 0 Å². The average molecular weight is 562 g/mol. The minimum absolute atomic E-state index is 0.0532. The molecular weight excluding hydrogens is 534 g/mol. The number of nitrogens with one attached hydrogen (secondary N) is 1. The molecule has 0 bridgehead atoms. The summed E-state index contributed by atoms with van der Waals surface area (Å²) in [4.78, 5) is 44.6. The summed E-state index contributed by atoms with van der Waals surface area (Å²) in [7, 11) is 1.59. The van der Waals surface area contributed by atoms with E-state index in [1.54, 1.807) is 67.5 Å². The van der Waals surface area contributed by atoms with E-state index in [0.717, 1.165) is 5.56 Å². The van der Waals surface area contributed by atoms with Crippen LogP contribution in [0.4, 0.5) is 11.4 Å². The van der Waals surface area contributed by atoms with Gasteiger partial charge in [0.05, 0.1) is 31.5 Å². The fourth-order valence-electron chi connectivity index (χ4n) is 4.14. The first-order chi connectivity index (χ1) is 19.4. The van der Waals surface area contributed by atoms with Crippen LogP contribution in [0.1, 0.15) is 29.3 Å². The van der Waals surface area contributed by atoms with Gasteiger partial charge in [-0.1, -0.05) is 17.8 Å². The number of carbonyl (C=O) groups excluding carboxylic acids is 3. The number of amidine groups is 1. The number of nitrogens with zero attached hydrogens (tertiary/aromatic N) is 2. The largest absolute Gasteiger partial charge is 0.497 e. The number of ether oxygens (including phenoxy) is 4. The Bertz CT molecular complexity index is 1440. The predicted octanol–water partition coefficient (Wildman–Crippen LogP) is 4.76. The zero-order valence-corrected chi connectivity index (χ0v) is 22.7. The molecule has 3 aromatic carbocycles. The van der Waals surface area contributed by atoms with Gasteiger partial charge in [-0.25, -0.2) is 9.79 Å². The Morgan fingerprint density at radius 2 is 1.80 bits per heavy atom. The normalized spacial score (nSPS) is 16.8. The number of aliphatic imine (C=N–C) groups is 1. The Kier molecular flexibility index (Phi) is 8.20. The molecule has 2 amide bonds. The quantitative estimate of drug-likeness (QED) is 0.372. The van der Waals surface area contributed by atoms with Gasteiger partial charge < -0.3 is 24.3 Å². The summed E-state index contributed by atoms with van der Waals surface area (Å²) < 4.78 is 21.1. The Balaban J connectivity index is 1.31. The summed E-state index contributed by atoms with van der Waals surface area (Å²) in [6.45, 7) is 2.42. The van der Waals surface area contributed by atoms with Crippen molar-refractivity contribution in [2.24, 2.45) is 4.99 Å². The lowest BCUT2D eigenvalue weighted by atomic mass is 10.1. The molecule has 0 radical (unpaired) electrons. The number of hydrogen-bond donors (Lipinski definition) is 1. The number of thioether (sulfide) groups is 1. The lowest BCUT2D eigenvalue weighted by Crippen LogP contribution is -2.33. The Hall–Kier alpha value is -4.51. The second kappa shape index (κ2) is 12.1. The molecule has 0 aromatic heterocycles. The summed E-state index contributed by atoms with van der Waals surface area (Å²) in [5.74, 6) is 0.991. The first kappa shape index (κ1) is 27.1. The van der Waals surface area contributed by atoms with Crippen molar-refractivity contribution < 1.29 is 33.3 Å². The van der Waals surface area contributed by atoms with E-state index in [0.29, 0.717) is 39.4 Å². The lowest BCUT2D eigenvalue weighted by Gasteiger charge is -2.17. The van der Waals surface area contributed by atoms with Gasteiger partial charge in [0, 0.05) is 12.1 Å². The third kappa shape index (κ3) is 6.20. The van der Waals surface area contributed by atoms with Crippen LogP contribution in [0.25, 0.3) is 0 Å². The number of fused-ring (bicyclic) bond motifs is 1. The van der Waals surface area contributed by atoms with Crippen LogP contribution in [0.15, 0.2) is 71.7 Å². The zero-order valence-electron chi connectivity index (χ0n) is 21.9. The van der Waals surface area contributed by atoms with Crippen LogP contribution < -0.4 is 19.5 Å². The molecule has 1 fully saturated rings.